The minimum absolute atomic E-state index is 0.103. The number of ether oxygens (including phenoxy) is 1. The number of carbonyl (C=O) groups is 1. The van der Waals surface area contributed by atoms with Crippen LogP contribution >= 0.6 is 0 Å². The molecule has 1 aliphatic heterocycles. The molecule has 1 aliphatic rings. The fraction of sp³-hybridized carbons (Fsp3) is 0.471. The Morgan fingerprint density at radius 1 is 1.38 bits per heavy atom. The van der Waals surface area contributed by atoms with E-state index in [2.05, 4.69) is 31.4 Å². The highest BCUT2D eigenvalue weighted by molar-refractivity contribution is 5.91. The number of hydrogen-bond donors (Lipinski definition) is 1. The molecule has 3 heterocycles. The molecule has 2 aromatic heterocycles. The van der Waals surface area contributed by atoms with Crippen LogP contribution in [0.5, 0.6) is 0 Å². The van der Waals surface area contributed by atoms with Crippen molar-refractivity contribution in [2.45, 2.75) is 32.7 Å². The third kappa shape index (κ3) is 2.87. The van der Waals surface area contributed by atoms with E-state index in [0.29, 0.717) is 17.6 Å². The highest BCUT2D eigenvalue weighted by atomic mass is 16.5. The van der Waals surface area contributed by atoms with Crippen LogP contribution in [0.2, 0.25) is 0 Å². The number of pyridine rings is 1. The molecule has 0 amide bonds. The number of H-pyrrole nitrogens is 1. The van der Waals surface area contributed by atoms with Crippen molar-refractivity contribution in [2.24, 2.45) is 0 Å². The first-order valence-corrected chi connectivity index (χ1v) is 8.02. The Bertz CT molecular complexity index is 879. The standard InChI is InChI=1S/C17H20N4O3/c1-3-4-10-21-14-12(11-13(16(23)24-2)18-15(14)22)19-17(21)20-8-6-5-7-9-20/h11H,5-10H2,1-2H3,(H,18,22). The number of methoxy groups -OCH3 is 1. The average Bonchev–Trinajstić information content (AvgIpc) is 2.99. The third-order valence-electron chi connectivity index (χ3n) is 4.18. The number of hydrogen-bond acceptors (Lipinski definition) is 5. The first-order valence-electron chi connectivity index (χ1n) is 8.02. The lowest BCUT2D eigenvalue weighted by Crippen LogP contribution is -2.32. The van der Waals surface area contributed by atoms with Gasteiger partial charge in [0.05, 0.1) is 19.2 Å². The molecule has 3 rings (SSSR count). The van der Waals surface area contributed by atoms with E-state index in [1.165, 1.54) is 13.5 Å². The van der Waals surface area contributed by atoms with Crippen molar-refractivity contribution in [3.8, 4) is 11.8 Å². The molecule has 0 radical (unpaired) electrons. The third-order valence-corrected chi connectivity index (χ3v) is 4.18. The lowest BCUT2D eigenvalue weighted by Gasteiger charge is -2.27. The van der Waals surface area contributed by atoms with Gasteiger partial charge in [-0.25, -0.2) is 9.78 Å². The molecule has 126 valence electrons. The van der Waals surface area contributed by atoms with Crippen LogP contribution in [-0.4, -0.2) is 40.7 Å². The number of imidazole rings is 1. The van der Waals surface area contributed by atoms with E-state index in [1.54, 1.807) is 13.0 Å². The Labute approximate surface area is 139 Å². The average molecular weight is 328 g/mol. The molecule has 0 bridgehead atoms. The van der Waals surface area contributed by atoms with E-state index < -0.39 is 5.97 Å². The molecular weight excluding hydrogens is 308 g/mol. The Balaban J connectivity index is 2.18. The maximum atomic E-state index is 12.5. The van der Waals surface area contributed by atoms with E-state index in [-0.39, 0.29) is 11.3 Å². The van der Waals surface area contributed by atoms with Crippen molar-refractivity contribution >= 4 is 23.0 Å². The zero-order chi connectivity index (χ0) is 17.1. The fourth-order valence-electron chi connectivity index (χ4n) is 3.02. The van der Waals surface area contributed by atoms with Crippen molar-refractivity contribution in [2.75, 3.05) is 25.1 Å². The van der Waals surface area contributed by atoms with Crippen LogP contribution in [0.3, 0.4) is 0 Å². The number of esters is 1. The van der Waals surface area contributed by atoms with Gasteiger partial charge in [-0.2, -0.15) is 0 Å². The Morgan fingerprint density at radius 2 is 2.12 bits per heavy atom. The van der Waals surface area contributed by atoms with Crippen LogP contribution < -0.4 is 10.5 Å². The molecule has 0 aliphatic carbocycles. The molecule has 0 atom stereocenters. The van der Waals surface area contributed by atoms with E-state index in [1.807, 2.05) is 4.57 Å². The predicted octanol–water partition coefficient (Wildman–Crippen LogP) is 1.52. The van der Waals surface area contributed by atoms with Gasteiger partial charge in [0.1, 0.15) is 11.2 Å². The van der Waals surface area contributed by atoms with Gasteiger partial charge < -0.3 is 14.6 Å². The molecular formula is C17H20N4O3. The first-order chi connectivity index (χ1) is 11.7. The molecule has 1 fully saturated rings. The molecule has 0 aromatic carbocycles. The first kappa shape index (κ1) is 16.1. The Kier molecular flexibility index (Phi) is 4.56. The molecule has 7 nitrogen and oxygen atoms in total. The topological polar surface area (TPSA) is 80.2 Å². The highest BCUT2D eigenvalue weighted by Crippen LogP contribution is 2.23. The van der Waals surface area contributed by atoms with Gasteiger partial charge >= 0.3 is 5.97 Å². The molecule has 2 aromatic rings. The van der Waals surface area contributed by atoms with E-state index in [0.717, 1.165) is 31.9 Å². The minimum atomic E-state index is -0.587. The highest BCUT2D eigenvalue weighted by Gasteiger charge is 2.22. The van der Waals surface area contributed by atoms with Crippen molar-refractivity contribution in [3.63, 3.8) is 0 Å². The van der Waals surface area contributed by atoms with E-state index in [9.17, 15) is 9.59 Å². The summed E-state index contributed by atoms with van der Waals surface area (Å²) in [5, 5.41) is 0. The van der Waals surface area contributed by atoms with Crippen molar-refractivity contribution in [1.29, 1.82) is 0 Å². The van der Waals surface area contributed by atoms with Gasteiger partial charge in [-0.15, -0.1) is 5.92 Å². The monoisotopic (exact) mass is 328 g/mol. The van der Waals surface area contributed by atoms with Gasteiger partial charge in [-0.1, -0.05) is 5.92 Å². The summed E-state index contributed by atoms with van der Waals surface area (Å²) in [6.07, 6.45) is 3.41. The number of anilines is 1. The SMILES string of the molecule is CC#CCn1c(N2CCCCC2)nc2cc(C(=O)OC)[nH]c(=O)c21. The van der Waals surface area contributed by atoms with Gasteiger partial charge in [0.15, 0.2) is 0 Å². The molecule has 1 N–H and O–H groups in total. The number of aromatic nitrogens is 3. The Hall–Kier alpha value is -2.75. The summed E-state index contributed by atoms with van der Waals surface area (Å²) in [6.45, 7) is 3.97. The zero-order valence-corrected chi connectivity index (χ0v) is 13.9. The van der Waals surface area contributed by atoms with Crippen LogP contribution in [-0.2, 0) is 11.3 Å². The molecule has 24 heavy (non-hydrogen) atoms. The van der Waals surface area contributed by atoms with Gasteiger partial charge in [0.25, 0.3) is 5.56 Å². The van der Waals surface area contributed by atoms with Crippen LogP contribution in [0.4, 0.5) is 5.95 Å². The van der Waals surface area contributed by atoms with Gasteiger partial charge in [-0.05, 0) is 32.3 Å². The van der Waals surface area contributed by atoms with Crippen molar-refractivity contribution < 1.29 is 9.53 Å². The predicted molar refractivity (Wildman–Crippen MR) is 91.2 cm³/mol. The van der Waals surface area contributed by atoms with E-state index in [4.69, 9.17) is 0 Å². The van der Waals surface area contributed by atoms with Crippen LogP contribution in [0.1, 0.15) is 36.7 Å². The second kappa shape index (κ2) is 6.79. The van der Waals surface area contributed by atoms with Crippen molar-refractivity contribution in [3.05, 3.63) is 22.1 Å². The summed E-state index contributed by atoms with van der Waals surface area (Å²) < 4.78 is 6.51. The summed E-state index contributed by atoms with van der Waals surface area (Å²) in [5.41, 5.74) is 0.664. The molecule has 1 saturated heterocycles. The number of piperidine rings is 1. The molecule has 0 unspecified atom stereocenters. The van der Waals surface area contributed by atoms with Gasteiger partial charge in [0, 0.05) is 13.1 Å². The van der Waals surface area contributed by atoms with Crippen LogP contribution in [0.25, 0.3) is 11.0 Å². The van der Waals surface area contributed by atoms with Crippen LogP contribution in [0.15, 0.2) is 10.9 Å². The zero-order valence-electron chi connectivity index (χ0n) is 13.9. The van der Waals surface area contributed by atoms with Gasteiger partial charge in [0.2, 0.25) is 5.95 Å². The lowest BCUT2D eigenvalue weighted by atomic mass is 10.1. The lowest BCUT2D eigenvalue weighted by molar-refractivity contribution is 0.0594. The summed E-state index contributed by atoms with van der Waals surface area (Å²) in [7, 11) is 1.28. The number of fused-ring (bicyclic) bond motifs is 1. The van der Waals surface area contributed by atoms with Crippen LogP contribution in [0, 0.1) is 11.8 Å². The fourth-order valence-corrected chi connectivity index (χ4v) is 3.02. The number of aromatic amines is 1. The number of nitrogens with one attached hydrogen (secondary N) is 1. The number of rotatable bonds is 3. The van der Waals surface area contributed by atoms with E-state index >= 15 is 0 Å². The Morgan fingerprint density at radius 3 is 2.79 bits per heavy atom. The smallest absolute Gasteiger partial charge is 0.354 e. The second-order valence-corrected chi connectivity index (χ2v) is 5.71. The maximum Gasteiger partial charge on any atom is 0.354 e. The number of carbonyl (C=O) groups excluding carboxylic acids is 1. The van der Waals surface area contributed by atoms with Crippen molar-refractivity contribution in [1.82, 2.24) is 14.5 Å². The summed E-state index contributed by atoms with van der Waals surface area (Å²) in [6, 6.07) is 1.56. The summed E-state index contributed by atoms with van der Waals surface area (Å²) >= 11 is 0. The molecule has 0 saturated carbocycles. The normalized spacial score (nSPS) is 14.3. The quantitative estimate of drug-likeness (QED) is 0.683. The molecule has 0 spiro atoms. The van der Waals surface area contributed by atoms with Gasteiger partial charge in [-0.3, -0.25) is 9.36 Å². The molecule has 7 heteroatoms. The summed E-state index contributed by atoms with van der Waals surface area (Å²) in [4.78, 5) is 33.6. The number of nitrogens with zero attached hydrogens (tertiary/aromatic N) is 3. The minimum Gasteiger partial charge on any atom is -0.464 e. The second-order valence-electron chi connectivity index (χ2n) is 5.71. The summed E-state index contributed by atoms with van der Waals surface area (Å²) in [5.74, 6) is 6.00. The maximum absolute atomic E-state index is 12.5. The largest absolute Gasteiger partial charge is 0.464 e.